The van der Waals surface area contributed by atoms with E-state index in [1.807, 2.05) is 12.1 Å². The SMILES string of the molecule is Brc1cccc(-c2ccccc2-c2ccccc2)c1Br. The molecule has 0 heterocycles. The predicted molar refractivity (Wildman–Crippen MR) is 92.7 cm³/mol. The van der Waals surface area contributed by atoms with Crippen molar-refractivity contribution in [3.63, 3.8) is 0 Å². The molecule has 0 nitrogen and oxygen atoms in total. The van der Waals surface area contributed by atoms with Gasteiger partial charge in [0, 0.05) is 8.95 Å². The van der Waals surface area contributed by atoms with Crippen molar-refractivity contribution in [2.24, 2.45) is 0 Å². The molecular formula is C18H12Br2. The average molecular weight is 388 g/mol. The Morgan fingerprint density at radius 2 is 1.10 bits per heavy atom. The van der Waals surface area contributed by atoms with Gasteiger partial charge in [-0.1, -0.05) is 66.7 Å². The lowest BCUT2D eigenvalue weighted by Crippen LogP contribution is -1.86. The van der Waals surface area contributed by atoms with Crippen molar-refractivity contribution in [2.75, 3.05) is 0 Å². The molecule has 0 saturated carbocycles. The van der Waals surface area contributed by atoms with Crippen LogP contribution in [0.3, 0.4) is 0 Å². The van der Waals surface area contributed by atoms with E-state index < -0.39 is 0 Å². The predicted octanol–water partition coefficient (Wildman–Crippen LogP) is 6.55. The third-order valence-electron chi connectivity index (χ3n) is 3.25. The zero-order chi connectivity index (χ0) is 13.9. The Labute approximate surface area is 135 Å². The second-order valence-electron chi connectivity index (χ2n) is 4.51. The van der Waals surface area contributed by atoms with E-state index in [-0.39, 0.29) is 0 Å². The van der Waals surface area contributed by atoms with Crippen molar-refractivity contribution < 1.29 is 0 Å². The van der Waals surface area contributed by atoms with Gasteiger partial charge in [-0.2, -0.15) is 0 Å². The number of hydrogen-bond acceptors (Lipinski definition) is 0. The van der Waals surface area contributed by atoms with E-state index in [1.165, 1.54) is 22.3 Å². The summed E-state index contributed by atoms with van der Waals surface area (Å²) in [5, 5.41) is 0. The van der Waals surface area contributed by atoms with Crippen LogP contribution >= 0.6 is 31.9 Å². The highest BCUT2D eigenvalue weighted by atomic mass is 79.9. The molecule has 0 N–H and O–H groups in total. The fraction of sp³-hybridized carbons (Fsp3) is 0. The van der Waals surface area contributed by atoms with Gasteiger partial charge in [0.1, 0.15) is 0 Å². The molecule has 20 heavy (non-hydrogen) atoms. The van der Waals surface area contributed by atoms with Gasteiger partial charge in [0.15, 0.2) is 0 Å². The van der Waals surface area contributed by atoms with Crippen molar-refractivity contribution in [1.82, 2.24) is 0 Å². The van der Waals surface area contributed by atoms with Crippen LogP contribution in [0.2, 0.25) is 0 Å². The summed E-state index contributed by atoms with van der Waals surface area (Å²) in [6, 6.07) is 25.2. The van der Waals surface area contributed by atoms with Gasteiger partial charge >= 0.3 is 0 Å². The average Bonchev–Trinajstić information content (AvgIpc) is 2.51. The maximum Gasteiger partial charge on any atom is 0.0396 e. The Bertz CT molecular complexity index is 733. The highest BCUT2D eigenvalue weighted by Crippen LogP contribution is 2.38. The largest absolute Gasteiger partial charge is 0.0622 e. The van der Waals surface area contributed by atoms with Gasteiger partial charge in [0.05, 0.1) is 0 Å². The molecule has 0 aliphatic rings. The Morgan fingerprint density at radius 1 is 0.500 bits per heavy atom. The highest BCUT2D eigenvalue weighted by molar-refractivity contribution is 9.13. The van der Waals surface area contributed by atoms with Gasteiger partial charge < -0.3 is 0 Å². The van der Waals surface area contributed by atoms with E-state index in [1.54, 1.807) is 0 Å². The van der Waals surface area contributed by atoms with E-state index in [0.29, 0.717) is 0 Å². The molecule has 3 rings (SSSR count). The minimum Gasteiger partial charge on any atom is -0.0622 e. The van der Waals surface area contributed by atoms with E-state index in [4.69, 9.17) is 0 Å². The number of halogens is 2. The Kier molecular flexibility index (Phi) is 4.04. The maximum absolute atomic E-state index is 3.68. The fourth-order valence-electron chi connectivity index (χ4n) is 2.30. The Morgan fingerprint density at radius 3 is 1.85 bits per heavy atom. The molecular weight excluding hydrogens is 376 g/mol. The van der Waals surface area contributed by atoms with Gasteiger partial charge in [-0.3, -0.25) is 0 Å². The second kappa shape index (κ2) is 5.94. The molecule has 0 unspecified atom stereocenters. The molecule has 0 saturated heterocycles. The van der Waals surface area contributed by atoms with Crippen molar-refractivity contribution in [2.45, 2.75) is 0 Å². The molecule has 2 heteroatoms. The van der Waals surface area contributed by atoms with Crippen LogP contribution in [0.15, 0.2) is 81.7 Å². The van der Waals surface area contributed by atoms with E-state index >= 15 is 0 Å². The summed E-state index contributed by atoms with van der Waals surface area (Å²) in [5.74, 6) is 0. The smallest absolute Gasteiger partial charge is 0.0396 e. The van der Waals surface area contributed by atoms with Crippen LogP contribution < -0.4 is 0 Å². The molecule has 0 spiro atoms. The van der Waals surface area contributed by atoms with Crippen LogP contribution in [-0.4, -0.2) is 0 Å². The quantitative estimate of drug-likeness (QED) is 0.467. The minimum absolute atomic E-state index is 1.07. The lowest BCUT2D eigenvalue weighted by Gasteiger charge is -2.12. The Hall–Kier alpha value is -1.38. The topological polar surface area (TPSA) is 0 Å². The van der Waals surface area contributed by atoms with Gasteiger partial charge in [0.25, 0.3) is 0 Å². The summed E-state index contributed by atoms with van der Waals surface area (Å²) < 4.78 is 2.15. The van der Waals surface area contributed by atoms with Crippen molar-refractivity contribution >= 4 is 31.9 Å². The molecule has 0 aliphatic heterocycles. The van der Waals surface area contributed by atoms with Crippen molar-refractivity contribution in [3.05, 3.63) is 81.7 Å². The molecule has 0 aromatic heterocycles. The number of benzene rings is 3. The van der Waals surface area contributed by atoms with Gasteiger partial charge in [-0.05, 0) is 60.2 Å². The molecule has 3 aromatic carbocycles. The van der Waals surface area contributed by atoms with E-state index in [0.717, 1.165) is 8.95 Å². The van der Waals surface area contributed by atoms with Crippen LogP contribution in [0.1, 0.15) is 0 Å². The highest BCUT2D eigenvalue weighted by Gasteiger charge is 2.10. The fourth-order valence-corrected chi connectivity index (χ4v) is 3.14. The van der Waals surface area contributed by atoms with E-state index in [9.17, 15) is 0 Å². The normalized spacial score (nSPS) is 10.5. The minimum atomic E-state index is 1.07. The second-order valence-corrected chi connectivity index (χ2v) is 6.16. The maximum atomic E-state index is 3.68. The van der Waals surface area contributed by atoms with Crippen LogP contribution in [0.4, 0.5) is 0 Å². The van der Waals surface area contributed by atoms with Crippen LogP contribution in [-0.2, 0) is 0 Å². The zero-order valence-electron chi connectivity index (χ0n) is 10.7. The van der Waals surface area contributed by atoms with Crippen LogP contribution in [0.5, 0.6) is 0 Å². The van der Waals surface area contributed by atoms with Crippen molar-refractivity contribution in [3.8, 4) is 22.3 Å². The standard InChI is InChI=1S/C18H12Br2/c19-17-12-6-11-16(18(17)20)15-10-5-4-9-14(15)13-7-2-1-3-8-13/h1-12H. The lowest BCUT2D eigenvalue weighted by atomic mass is 9.95. The zero-order valence-corrected chi connectivity index (χ0v) is 13.9. The van der Waals surface area contributed by atoms with Crippen molar-refractivity contribution in [1.29, 1.82) is 0 Å². The molecule has 0 radical (unpaired) electrons. The number of hydrogen-bond donors (Lipinski definition) is 0. The molecule has 0 atom stereocenters. The first kappa shape index (κ1) is 13.6. The first-order valence-corrected chi connectivity index (χ1v) is 7.95. The number of rotatable bonds is 2. The summed E-state index contributed by atoms with van der Waals surface area (Å²) in [5.41, 5.74) is 4.90. The summed E-state index contributed by atoms with van der Waals surface area (Å²) >= 11 is 7.25. The molecule has 0 amide bonds. The molecule has 0 bridgehead atoms. The third kappa shape index (κ3) is 2.58. The monoisotopic (exact) mass is 386 g/mol. The summed E-state index contributed by atoms with van der Waals surface area (Å²) in [6.45, 7) is 0. The summed E-state index contributed by atoms with van der Waals surface area (Å²) in [7, 11) is 0. The van der Waals surface area contributed by atoms with Gasteiger partial charge in [-0.15, -0.1) is 0 Å². The van der Waals surface area contributed by atoms with Gasteiger partial charge in [0.2, 0.25) is 0 Å². The van der Waals surface area contributed by atoms with Crippen LogP contribution in [0.25, 0.3) is 22.3 Å². The molecule has 98 valence electrons. The first-order chi connectivity index (χ1) is 9.77. The third-order valence-corrected chi connectivity index (χ3v) is 5.30. The van der Waals surface area contributed by atoms with Crippen LogP contribution in [0, 0.1) is 0 Å². The lowest BCUT2D eigenvalue weighted by molar-refractivity contribution is 1.53. The molecule has 0 aliphatic carbocycles. The molecule has 0 fully saturated rings. The summed E-state index contributed by atoms with van der Waals surface area (Å²) in [4.78, 5) is 0. The van der Waals surface area contributed by atoms with Gasteiger partial charge in [-0.25, -0.2) is 0 Å². The van der Waals surface area contributed by atoms with E-state index in [2.05, 4.69) is 92.5 Å². The molecule has 3 aromatic rings. The summed E-state index contributed by atoms with van der Waals surface area (Å²) in [6.07, 6.45) is 0. The Balaban J connectivity index is 2.23. The first-order valence-electron chi connectivity index (χ1n) is 6.36.